The van der Waals surface area contributed by atoms with E-state index < -0.39 is 0 Å². The molecule has 0 atom stereocenters. The van der Waals surface area contributed by atoms with Gasteiger partial charge in [-0.15, -0.1) is 0 Å². The highest BCUT2D eigenvalue weighted by Crippen LogP contribution is 2.42. The predicted octanol–water partition coefficient (Wildman–Crippen LogP) is 5.67. The molecule has 0 radical (unpaired) electrons. The Morgan fingerprint density at radius 3 is 2.24 bits per heavy atom. The van der Waals surface area contributed by atoms with Crippen molar-refractivity contribution in [3.05, 3.63) is 50.4 Å². The van der Waals surface area contributed by atoms with Gasteiger partial charge in [-0.3, -0.25) is 0 Å². The molecule has 0 heterocycles. The summed E-state index contributed by atoms with van der Waals surface area (Å²) in [5.74, 6) is -0.0692. The van der Waals surface area contributed by atoms with Crippen LogP contribution in [0, 0.1) is 0 Å². The van der Waals surface area contributed by atoms with Gasteiger partial charge in [0, 0.05) is 16.1 Å². The molecule has 0 aromatic heterocycles. The third-order valence-electron chi connectivity index (χ3n) is 2.27. The van der Waals surface area contributed by atoms with Crippen molar-refractivity contribution in [2.45, 2.75) is 0 Å². The molecule has 2 rings (SSSR count). The highest BCUT2D eigenvalue weighted by Gasteiger charge is 2.14. The van der Waals surface area contributed by atoms with Gasteiger partial charge in [0.25, 0.3) is 0 Å². The van der Waals surface area contributed by atoms with Gasteiger partial charge < -0.3 is 5.11 Å². The lowest BCUT2D eigenvalue weighted by Crippen LogP contribution is -1.83. The zero-order valence-corrected chi connectivity index (χ0v) is 11.4. The fourth-order valence-corrected chi connectivity index (χ4v) is 2.38. The van der Waals surface area contributed by atoms with Crippen LogP contribution < -0.4 is 0 Å². The molecular formula is C12H6Cl4O. The Morgan fingerprint density at radius 2 is 1.53 bits per heavy atom. The van der Waals surface area contributed by atoms with Gasteiger partial charge in [0.1, 0.15) is 5.75 Å². The molecule has 0 aliphatic rings. The Bertz CT molecular complexity index is 581. The average Bonchev–Trinajstić information content (AvgIpc) is 2.27. The largest absolute Gasteiger partial charge is 0.506 e. The van der Waals surface area contributed by atoms with Crippen LogP contribution in [0.25, 0.3) is 11.1 Å². The molecule has 1 nitrogen and oxygen atoms in total. The molecule has 0 aliphatic heterocycles. The van der Waals surface area contributed by atoms with Crippen LogP contribution in [0.5, 0.6) is 5.75 Å². The van der Waals surface area contributed by atoms with E-state index in [1.165, 1.54) is 6.07 Å². The van der Waals surface area contributed by atoms with Gasteiger partial charge in [0.05, 0.1) is 15.1 Å². The topological polar surface area (TPSA) is 20.2 Å². The van der Waals surface area contributed by atoms with E-state index in [1.807, 2.05) is 0 Å². The van der Waals surface area contributed by atoms with E-state index in [0.29, 0.717) is 26.2 Å². The monoisotopic (exact) mass is 306 g/mol. The molecule has 0 fully saturated rings. The van der Waals surface area contributed by atoms with Gasteiger partial charge in [-0.1, -0.05) is 58.5 Å². The first-order valence-corrected chi connectivity index (χ1v) is 6.14. The number of phenols is 1. The Kier molecular flexibility index (Phi) is 3.74. The third kappa shape index (κ3) is 2.48. The Balaban J connectivity index is 2.73. The Labute approximate surface area is 118 Å². The smallest absolute Gasteiger partial charge is 0.142 e. The quantitative estimate of drug-likeness (QED) is 0.719. The van der Waals surface area contributed by atoms with Gasteiger partial charge in [0.15, 0.2) is 0 Å². The first-order valence-electron chi connectivity index (χ1n) is 4.63. The van der Waals surface area contributed by atoms with Crippen LogP contribution in [0.3, 0.4) is 0 Å². The Hall–Kier alpha value is -0.600. The van der Waals surface area contributed by atoms with Gasteiger partial charge in [-0.2, -0.15) is 0 Å². The lowest BCUT2D eigenvalue weighted by atomic mass is 10.0. The number of halogens is 4. The van der Waals surface area contributed by atoms with Gasteiger partial charge in [-0.25, -0.2) is 0 Å². The summed E-state index contributed by atoms with van der Waals surface area (Å²) in [5, 5.41) is 11.2. The van der Waals surface area contributed by atoms with Crippen molar-refractivity contribution in [1.29, 1.82) is 0 Å². The average molecular weight is 308 g/mol. The highest BCUT2D eigenvalue weighted by molar-refractivity contribution is 6.44. The van der Waals surface area contributed by atoms with E-state index in [9.17, 15) is 5.11 Å². The van der Waals surface area contributed by atoms with Crippen LogP contribution >= 0.6 is 46.4 Å². The lowest BCUT2D eigenvalue weighted by molar-refractivity contribution is 0.477. The predicted molar refractivity (Wildman–Crippen MR) is 73.6 cm³/mol. The summed E-state index contributed by atoms with van der Waals surface area (Å²) in [6.07, 6.45) is 0. The van der Waals surface area contributed by atoms with Crippen molar-refractivity contribution in [1.82, 2.24) is 0 Å². The third-order valence-corrected chi connectivity index (χ3v) is 3.60. The summed E-state index contributed by atoms with van der Waals surface area (Å²) in [6, 6.07) is 8.17. The van der Waals surface area contributed by atoms with Crippen LogP contribution in [0.15, 0.2) is 30.3 Å². The number of phenolic OH excluding ortho intramolecular Hbond substituents is 1. The molecule has 0 saturated heterocycles. The van der Waals surface area contributed by atoms with Crippen LogP contribution in [-0.2, 0) is 0 Å². The number of hydrogen-bond acceptors (Lipinski definition) is 1. The maximum absolute atomic E-state index is 9.90. The van der Waals surface area contributed by atoms with Crippen molar-refractivity contribution < 1.29 is 5.11 Å². The summed E-state index contributed by atoms with van der Waals surface area (Å²) in [4.78, 5) is 0. The molecule has 88 valence electrons. The standard InChI is InChI=1S/C12H6Cl4O/c13-6-4-8(12(17)10(15)5-6)7-2-1-3-9(14)11(7)16/h1-5,17H. The van der Waals surface area contributed by atoms with Crippen molar-refractivity contribution >= 4 is 46.4 Å². The maximum Gasteiger partial charge on any atom is 0.142 e. The van der Waals surface area contributed by atoms with Crippen molar-refractivity contribution in [3.8, 4) is 16.9 Å². The second-order valence-corrected chi connectivity index (χ2v) is 5.01. The fourth-order valence-electron chi connectivity index (χ4n) is 1.48. The summed E-state index contributed by atoms with van der Waals surface area (Å²) >= 11 is 23.7. The molecule has 2 aromatic carbocycles. The van der Waals surface area contributed by atoms with Crippen LogP contribution in [0.1, 0.15) is 0 Å². The maximum atomic E-state index is 9.90. The number of aromatic hydroxyl groups is 1. The van der Waals surface area contributed by atoms with Crippen molar-refractivity contribution in [3.63, 3.8) is 0 Å². The van der Waals surface area contributed by atoms with Crippen LogP contribution in [0.4, 0.5) is 0 Å². The van der Waals surface area contributed by atoms with E-state index in [0.717, 1.165) is 0 Å². The SMILES string of the molecule is Oc1c(Cl)cc(Cl)cc1-c1cccc(Cl)c1Cl. The molecule has 0 bridgehead atoms. The molecule has 1 N–H and O–H groups in total. The molecular weight excluding hydrogens is 302 g/mol. The second-order valence-electron chi connectivity index (χ2n) is 3.39. The second kappa shape index (κ2) is 4.95. The minimum atomic E-state index is -0.0692. The summed E-state index contributed by atoms with van der Waals surface area (Å²) in [5.41, 5.74) is 1.04. The number of benzene rings is 2. The van der Waals surface area contributed by atoms with Crippen LogP contribution in [0.2, 0.25) is 20.1 Å². The molecule has 0 amide bonds. The lowest BCUT2D eigenvalue weighted by Gasteiger charge is -2.10. The van der Waals surface area contributed by atoms with E-state index in [4.69, 9.17) is 46.4 Å². The molecule has 5 heteroatoms. The van der Waals surface area contributed by atoms with Crippen molar-refractivity contribution in [2.75, 3.05) is 0 Å². The normalized spacial score (nSPS) is 10.6. The number of hydrogen-bond donors (Lipinski definition) is 1. The van der Waals surface area contributed by atoms with Gasteiger partial charge >= 0.3 is 0 Å². The summed E-state index contributed by atoms with van der Waals surface area (Å²) in [6.45, 7) is 0. The zero-order valence-electron chi connectivity index (χ0n) is 8.35. The minimum Gasteiger partial charge on any atom is -0.506 e. The number of rotatable bonds is 1. The van der Waals surface area contributed by atoms with E-state index in [1.54, 1.807) is 24.3 Å². The summed E-state index contributed by atoms with van der Waals surface area (Å²) < 4.78 is 0. The molecule has 2 aromatic rings. The van der Waals surface area contributed by atoms with Gasteiger partial charge in [-0.05, 0) is 18.2 Å². The molecule has 0 spiro atoms. The molecule has 0 unspecified atom stereocenters. The Morgan fingerprint density at radius 1 is 0.824 bits per heavy atom. The first kappa shape index (κ1) is 12.8. The fraction of sp³-hybridized carbons (Fsp3) is 0. The first-order chi connectivity index (χ1) is 8.00. The molecule has 17 heavy (non-hydrogen) atoms. The van der Waals surface area contributed by atoms with Crippen molar-refractivity contribution in [2.24, 2.45) is 0 Å². The molecule has 0 saturated carbocycles. The van der Waals surface area contributed by atoms with Crippen LogP contribution in [-0.4, -0.2) is 5.11 Å². The van der Waals surface area contributed by atoms with Gasteiger partial charge in [0.2, 0.25) is 0 Å². The summed E-state index contributed by atoms with van der Waals surface area (Å²) in [7, 11) is 0. The van der Waals surface area contributed by atoms with E-state index in [2.05, 4.69) is 0 Å². The van der Waals surface area contributed by atoms with E-state index >= 15 is 0 Å². The zero-order chi connectivity index (χ0) is 12.6. The van der Waals surface area contributed by atoms with E-state index in [-0.39, 0.29) is 10.8 Å². The molecule has 0 aliphatic carbocycles. The highest BCUT2D eigenvalue weighted by atomic mass is 35.5. The minimum absolute atomic E-state index is 0.0692.